The molecule has 1 aliphatic rings. The number of alkyl halides is 6. The van der Waals surface area contributed by atoms with Crippen LogP contribution < -0.4 is 0 Å². The van der Waals surface area contributed by atoms with Crippen molar-refractivity contribution in [2.45, 2.75) is 57.9 Å². The topological polar surface area (TPSA) is 29.5 Å². The molecule has 0 N–H and O–H groups in total. The van der Waals surface area contributed by atoms with E-state index in [0.717, 1.165) is 34.5 Å². The average molecular weight is 604 g/mol. The Kier molecular flexibility index (Phi) is 10.2. The minimum atomic E-state index is -4.43. The summed E-state index contributed by atoms with van der Waals surface area (Å²) in [6.45, 7) is 4.04. The maximum Gasteiger partial charge on any atom is 0.416 e. The molecule has 0 saturated carbocycles. The molecule has 0 fully saturated rings. The first-order chi connectivity index (χ1) is 20.3. The number of rotatable bonds is 10. The van der Waals surface area contributed by atoms with Crippen molar-refractivity contribution in [3.8, 4) is 0 Å². The monoisotopic (exact) mass is 603 g/mol. The second-order valence-electron chi connectivity index (χ2n) is 11.0. The van der Waals surface area contributed by atoms with Crippen molar-refractivity contribution in [3.63, 3.8) is 0 Å². The smallest absolute Gasteiger partial charge is 0.416 e. The minimum Gasteiger partial charge on any atom is -0.449 e. The van der Waals surface area contributed by atoms with E-state index in [1.165, 1.54) is 12.1 Å². The molecule has 4 rings (SSSR count). The lowest BCUT2D eigenvalue weighted by Gasteiger charge is -2.31. The van der Waals surface area contributed by atoms with Gasteiger partial charge in [-0.15, -0.1) is 0 Å². The zero-order valence-electron chi connectivity index (χ0n) is 24.1. The summed E-state index contributed by atoms with van der Waals surface area (Å²) >= 11 is 0. The quantitative estimate of drug-likeness (QED) is 0.171. The first-order valence-electron chi connectivity index (χ1n) is 14.4. The molecule has 3 aromatic carbocycles. The maximum absolute atomic E-state index is 13.4. The van der Waals surface area contributed by atoms with Crippen LogP contribution in [-0.2, 0) is 17.3 Å². The highest BCUT2D eigenvalue weighted by Crippen LogP contribution is 2.36. The Morgan fingerprint density at radius 1 is 0.930 bits per heavy atom. The van der Waals surface area contributed by atoms with Crippen molar-refractivity contribution in [1.29, 1.82) is 0 Å². The fraction of sp³-hybridized carbons (Fsp3) is 0.382. The van der Waals surface area contributed by atoms with Crippen LogP contribution in [-0.4, -0.2) is 30.3 Å². The number of halogens is 6. The van der Waals surface area contributed by atoms with Gasteiger partial charge in [0.15, 0.2) is 0 Å². The molecule has 0 spiro atoms. The van der Waals surface area contributed by atoms with Gasteiger partial charge in [-0.2, -0.15) is 26.3 Å². The third-order valence-electron chi connectivity index (χ3n) is 7.98. The Balaban J connectivity index is 1.45. The van der Waals surface area contributed by atoms with Crippen LogP contribution in [0.5, 0.6) is 0 Å². The van der Waals surface area contributed by atoms with Gasteiger partial charge in [-0.05, 0) is 72.4 Å². The molecule has 0 bridgehead atoms. The van der Waals surface area contributed by atoms with Gasteiger partial charge in [0, 0.05) is 6.54 Å². The number of hydrogen-bond acceptors (Lipinski definition) is 2. The largest absolute Gasteiger partial charge is 0.449 e. The second-order valence-corrected chi connectivity index (χ2v) is 11.0. The zero-order chi connectivity index (χ0) is 31.2. The molecule has 3 nitrogen and oxygen atoms in total. The summed E-state index contributed by atoms with van der Waals surface area (Å²) in [4.78, 5) is 15.0. The summed E-state index contributed by atoms with van der Waals surface area (Å²) in [5.74, 6) is -0.391. The van der Waals surface area contributed by atoms with Gasteiger partial charge in [-0.3, -0.25) is 0 Å². The van der Waals surface area contributed by atoms with Gasteiger partial charge in [-0.1, -0.05) is 85.8 Å². The van der Waals surface area contributed by atoms with Crippen molar-refractivity contribution in [1.82, 2.24) is 4.90 Å². The number of aryl methyl sites for hydroxylation is 1. The molecule has 1 amide bonds. The van der Waals surface area contributed by atoms with E-state index in [1.807, 2.05) is 56.3 Å². The average Bonchev–Trinajstić information content (AvgIpc) is 2.97. The number of carbonyl (C=O) groups is 1. The molecule has 3 unspecified atom stereocenters. The van der Waals surface area contributed by atoms with E-state index in [1.54, 1.807) is 17.0 Å². The van der Waals surface area contributed by atoms with Crippen LogP contribution in [0.3, 0.4) is 0 Å². The molecule has 9 heteroatoms. The first kappa shape index (κ1) is 32.2. The lowest BCUT2D eigenvalue weighted by Crippen LogP contribution is -2.35. The van der Waals surface area contributed by atoms with Gasteiger partial charge in [0.2, 0.25) is 0 Å². The van der Waals surface area contributed by atoms with E-state index in [-0.39, 0.29) is 25.0 Å². The number of hydrogen-bond donors (Lipinski definition) is 0. The van der Waals surface area contributed by atoms with Gasteiger partial charge in [-0.25, -0.2) is 4.79 Å². The fourth-order valence-corrected chi connectivity index (χ4v) is 5.52. The van der Waals surface area contributed by atoms with Crippen LogP contribution in [0.1, 0.15) is 55.8 Å². The summed E-state index contributed by atoms with van der Waals surface area (Å²) in [6, 6.07) is 18.3. The number of ether oxygens (including phenoxy) is 1. The van der Waals surface area contributed by atoms with Gasteiger partial charge in [0.25, 0.3) is 0 Å². The van der Waals surface area contributed by atoms with Crippen LogP contribution in [0, 0.1) is 11.8 Å². The SMILES string of the molecule is CC1C=CC(C(F)(F)F)=CC1CCCN(C(=O)OCCCc1cccc(C(F)(F)F)c1)C(C)c1cccc2ccccc12. The van der Waals surface area contributed by atoms with E-state index in [0.29, 0.717) is 31.2 Å². The molecule has 230 valence electrons. The molecule has 1 aliphatic carbocycles. The first-order valence-corrected chi connectivity index (χ1v) is 14.4. The van der Waals surface area contributed by atoms with Crippen molar-refractivity contribution in [2.24, 2.45) is 11.8 Å². The van der Waals surface area contributed by atoms with Crippen LogP contribution >= 0.6 is 0 Å². The van der Waals surface area contributed by atoms with Gasteiger partial charge in [0.1, 0.15) is 0 Å². The molecule has 0 aromatic heterocycles. The van der Waals surface area contributed by atoms with Crippen molar-refractivity contribution < 1.29 is 35.9 Å². The highest BCUT2D eigenvalue weighted by molar-refractivity contribution is 5.86. The summed E-state index contributed by atoms with van der Waals surface area (Å²) < 4.78 is 84.7. The van der Waals surface area contributed by atoms with E-state index in [2.05, 4.69) is 0 Å². The maximum atomic E-state index is 13.4. The number of benzene rings is 3. The molecule has 0 radical (unpaired) electrons. The predicted molar refractivity (Wildman–Crippen MR) is 155 cm³/mol. The van der Waals surface area contributed by atoms with Gasteiger partial charge < -0.3 is 9.64 Å². The number of allylic oxidation sites excluding steroid dienone is 4. The van der Waals surface area contributed by atoms with Gasteiger partial charge in [0.05, 0.1) is 23.8 Å². The van der Waals surface area contributed by atoms with Crippen LogP contribution in [0.4, 0.5) is 31.1 Å². The zero-order valence-corrected chi connectivity index (χ0v) is 24.1. The third kappa shape index (κ3) is 8.42. The number of carbonyl (C=O) groups excluding carboxylic acids is 1. The van der Waals surface area contributed by atoms with Crippen molar-refractivity contribution in [3.05, 3.63) is 107 Å². The summed E-state index contributed by atoms with van der Waals surface area (Å²) in [6.07, 6.45) is -3.92. The van der Waals surface area contributed by atoms with E-state index >= 15 is 0 Å². The molecule has 3 aromatic rings. The summed E-state index contributed by atoms with van der Waals surface area (Å²) in [5.41, 5.74) is 0.0230. The summed E-state index contributed by atoms with van der Waals surface area (Å²) in [5, 5.41) is 1.98. The van der Waals surface area contributed by atoms with Crippen molar-refractivity contribution in [2.75, 3.05) is 13.2 Å². The number of amides is 1. The Morgan fingerprint density at radius 3 is 2.40 bits per heavy atom. The normalized spacial score (nSPS) is 17.9. The molecule has 0 saturated heterocycles. The van der Waals surface area contributed by atoms with Crippen LogP contribution in [0.15, 0.2) is 90.5 Å². The van der Waals surface area contributed by atoms with E-state index in [9.17, 15) is 31.1 Å². The fourth-order valence-electron chi connectivity index (χ4n) is 5.52. The third-order valence-corrected chi connectivity index (χ3v) is 7.98. The second kappa shape index (κ2) is 13.7. The molecule has 0 aliphatic heterocycles. The Morgan fingerprint density at radius 2 is 1.65 bits per heavy atom. The van der Waals surface area contributed by atoms with Crippen LogP contribution in [0.2, 0.25) is 0 Å². The molecule has 3 atom stereocenters. The van der Waals surface area contributed by atoms with Crippen molar-refractivity contribution >= 4 is 16.9 Å². The highest BCUT2D eigenvalue weighted by atomic mass is 19.4. The highest BCUT2D eigenvalue weighted by Gasteiger charge is 2.35. The van der Waals surface area contributed by atoms with E-state index < -0.39 is 35.6 Å². The predicted octanol–water partition coefficient (Wildman–Crippen LogP) is 10.1. The standard InChI is InChI=1S/C34H35F6NO2/c1-23-17-18-29(34(38,39)40)22-27(23)13-7-19-41(24(2)30-16-6-12-26-11-3-4-15-31(26)30)32(42)43-20-8-10-25-9-5-14-28(21-25)33(35,36)37/h3-6,9,11-12,14-18,21-24,27H,7-8,10,13,19-20H2,1-2H3. The molecular formula is C34H35F6NO2. The number of fused-ring (bicyclic) bond motifs is 1. The Hall–Kier alpha value is -3.75. The summed E-state index contributed by atoms with van der Waals surface area (Å²) in [7, 11) is 0. The van der Waals surface area contributed by atoms with E-state index in [4.69, 9.17) is 4.74 Å². The molecule has 43 heavy (non-hydrogen) atoms. The lowest BCUT2D eigenvalue weighted by molar-refractivity contribution is -0.137. The lowest BCUT2D eigenvalue weighted by atomic mass is 9.83. The molecule has 0 heterocycles. The minimum absolute atomic E-state index is 0.00989. The van der Waals surface area contributed by atoms with Gasteiger partial charge >= 0.3 is 18.4 Å². The van der Waals surface area contributed by atoms with Crippen LogP contribution in [0.25, 0.3) is 10.8 Å². The number of nitrogens with zero attached hydrogens (tertiary/aromatic N) is 1. The molecular weight excluding hydrogens is 568 g/mol. The Bertz CT molecular complexity index is 1450. The Labute approximate surface area is 247 Å².